The zero-order valence-electron chi connectivity index (χ0n) is 11.4. The van der Waals surface area contributed by atoms with E-state index in [1.165, 1.54) is 6.42 Å². The van der Waals surface area contributed by atoms with Crippen molar-refractivity contribution in [3.05, 3.63) is 0 Å². The van der Waals surface area contributed by atoms with Crippen molar-refractivity contribution in [2.24, 2.45) is 5.73 Å². The van der Waals surface area contributed by atoms with Gasteiger partial charge in [-0.25, -0.2) is 0 Å². The smallest absolute Gasteiger partial charge is 0.222 e. The zero-order chi connectivity index (χ0) is 12.5. The van der Waals surface area contributed by atoms with Gasteiger partial charge in [-0.2, -0.15) is 11.8 Å². The number of nitrogens with zero attached hydrogens (tertiary/aromatic N) is 1. The van der Waals surface area contributed by atoms with E-state index in [-0.39, 0.29) is 12.4 Å². The molecule has 3 nitrogen and oxygen atoms in total. The van der Waals surface area contributed by atoms with Gasteiger partial charge in [0, 0.05) is 30.5 Å². The first-order valence-electron chi connectivity index (χ1n) is 6.87. The molecule has 0 aromatic heterocycles. The monoisotopic (exact) mass is 294 g/mol. The summed E-state index contributed by atoms with van der Waals surface area (Å²) in [6.45, 7) is 4.89. The third-order valence-corrected chi connectivity index (χ3v) is 4.66. The second-order valence-corrected chi connectivity index (χ2v) is 6.10. The van der Waals surface area contributed by atoms with Crippen LogP contribution in [0.25, 0.3) is 0 Å². The second-order valence-electron chi connectivity index (χ2n) is 4.69. The summed E-state index contributed by atoms with van der Waals surface area (Å²) in [6, 6.07) is 0. The van der Waals surface area contributed by atoms with E-state index in [1.807, 2.05) is 11.8 Å². The first kappa shape index (κ1) is 18.1. The molecule has 0 spiro atoms. The molecule has 1 rings (SSSR count). The average molecular weight is 295 g/mol. The predicted octanol–water partition coefficient (Wildman–Crippen LogP) is 2.67. The van der Waals surface area contributed by atoms with Crippen LogP contribution in [0.5, 0.6) is 0 Å². The van der Waals surface area contributed by atoms with Gasteiger partial charge in [-0.05, 0) is 25.8 Å². The van der Waals surface area contributed by atoms with Gasteiger partial charge < -0.3 is 10.6 Å². The summed E-state index contributed by atoms with van der Waals surface area (Å²) in [5, 5.41) is 0.657. The minimum atomic E-state index is 0. The maximum absolute atomic E-state index is 12.0. The van der Waals surface area contributed by atoms with Crippen LogP contribution in [-0.4, -0.2) is 41.4 Å². The Balaban J connectivity index is 0.00000289. The summed E-state index contributed by atoms with van der Waals surface area (Å²) in [5.41, 5.74) is 5.44. The van der Waals surface area contributed by atoms with E-state index in [0.717, 1.165) is 57.5 Å². The van der Waals surface area contributed by atoms with Gasteiger partial charge in [0.25, 0.3) is 0 Å². The molecule has 0 aliphatic carbocycles. The third kappa shape index (κ3) is 6.86. The van der Waals surface area contributed by atoms with Gasteiger partial charge in [0.2, 0.25) is 5.91 Å². The van der Waals surface area contributed by atoms with Crippen molar-refractivity contribution in [2.45, 2.75) is 50.7 Å². The number of amides is 1. The fourth-order valence-corrected chi connectivity index (χ4v) is 3.31. The number of nitrogens with two attached hydrogens (primary N) is 1. The molecule has 1 fully saturated rings. The predicted molar refractivity (Wildman–Crippen MR) is 82.5 cm³/mol. The summed E-state index contributed by atoms with van der Waals surface area (Å²) in [7, 11) is 0. The van der Waals surface area contributed by atoms with Crippen molar-refractivity contribution in [1.29, 1.82) is 0 Å². The van der Waals surface area contributed by atoms with Crippen molar-refractivity contribution in [3.8, 4) is 0 Å². The van der Waals surface area contributed by atoms with E-state index >= 15 is 0 Å². The number of thioether (sulfide) groups is 1. The highest BCUT2D eigenvalue weighted by Gasteiger charge is 2.22. The van der Waals surface area contributed by atoms with Gasteiger partial charge in [-0.3, -0.25) is 4.79 Å². The summed E-state index contributed by atoms with van der Waals surface area (Å²) >= 11 is 2.01. The molecule has 18 heavy (non-hydrogen) atoms. The molecule has 0 aromatic rings. The molecule has 0 radical (unpaired) electrons. The third-order valence-electron chi connectivity index (χ3n) is 3.29. The Morgan fingerprint density at radius 1 is 1.33 bits per heavy atom. The lowest BCUT2D eigenvalue weighted by molar-refractivity contribution is -0.131. The Morgan fingerprint density at radius 2 is 2.06 bits per heavy atom. The maximum Gasteiger partial charge on any atom is 0.222 e. The van der Waals surface area contributed by atoms with Crippen molar-refractivity contribution >= 4 is 30.1 Å². The number of carbonyl (C=O) groups excluding carboxylic acids is 1. The molecule has 1 aliphatic heterocycles. The number of unbranched alkanes of at least 4 members (excludes halogenated alkanes) is 3. The largest absolute Gasteiger partial charge is 0.341 e. The van der Waals surface area contributed by atoms with Crippen LogP contribution < -0.4 is 5.73 Å². The minimum Gasteiger partial charge on any atom is -0.341 e. The highest BCUT2D eigenvalue weighted by Crippen LogP contribution is 2.21. The van der Waals surface area contributed by atoms with Crippen LogP contribution in [-0.2, 0) is 4.79 Å². The van der Waals surface area contributed by atoms with E-state index in [4.69, 9.17) is 5.73 Å². The molecule has 1 unspecified atom stereocenters. The molecule has 0 bridgehead atoms. The molecular formula is C13H27ClN2OS. The average Bonchev–Trinajstić information content (AvgIpc) is 2.38. The summed E-state index contributed by atoms with van der Waals surface area (Å²) in [5.74, 6) is 1.47. The molecule has 1 atom stereocenters. The van der Waals surface area contributed by atoms with E-state index < -0.39 is 0 Å². The normalized spacial score (nSPS) is 19.4. The second kappa shape index (κ2) is 10.9. The summed E-state index contributed by atoms with van der Waals surface area (Å²) in [4.78, 5) is 14.0. The number of halogens is 1. The number of hydrogen-bond acceptors (Lipinski definition) is 3. The molecule has 108 valence electrons. The standard InChI is InChI=1S/C13H26N2OS.ClH/c1-2-12-11-15(9-10-17-12)13(16)7-5-3-4-6-8-14;/h12H,2-11,14H2,1H3;1H. The number of rotatable bonds is 7. The Labute approximate surface area is 122 Å². The van der Waals surface area contributed by atoms with E-state index in [9.17, 15) is 4.79 Å². The fourth-order valence-electron chi connectivity index (χ4n) is 2.13. The topological polar surface area (TPSA) is 46.3 Å². The lowest BCUT2D eigenvalue weighted by Crippen LogP contribution is -2.41. The molecule has 0 saturated carbocycles. The van der Waals surface area contributed by atoms with Crippen molar-refractivity contribution in [3.63, 3.8) is 0 Å². The van der Waals surface area contributed by atoms with Crippen LogP contribution in [0.2, 0.25) is 0 Å². The van der Waals surface area contributed by atoms with Crippen molar-refractivity contribution in [1.82, 2.24) is 4.90 Å². The van der Waals surface area contributed by atoms with Crippen LogP contribution >= 0.6 is 24.2 Å². The first-order valence-corrected chi connectivity index (χ1v) is 7.92. The molecule has 1 saturated heterocycles. The summed E-state index contributed by atoms with van der Waals surface area (Å²) < 4.78 is 0. The van der Waals surface area contributed by atoms with E-state index in [2.05, 4.69) is 11.8 Å². The van der Waals surface area contributed by atoms with Crippen LogP contribution in [0.4, 0.5) is 0 Å². The summed E-state index contributed by atoms with van der Waals surface area (Å²) in [6.07, 6.45) is 6.32. The van der Waals surface area contributed by atoms with Crippen LogP contribution in [0.3, 0.4) is 0 Å². The molecule has 0 aromatic carbocycles. The Hall–Kier alpha value is 0.0700. The Bertz CT molecular complexity index is 229. The van der Waals surface area contributed by atoms with Crippen molar-refractivity contribution < 1.29 is 4.79 Å². The van der Waals surface area contributed by atoms with E-state index in [1.54, 1.807) is 0 Å². The number of hydrogen-bond donors (Lipinski definition) is 1. The number of carbonyl (C=O) groups is 1. The molecular weight excluding hydrogens is 268 g/mol. The molecule has 1 amide bonds. The lowest BCUT2D eigenvalue weighted by Gasteiger charge is -2.32. The first-order chi connectivity index (χ1) is 8.27. The van der Waals surface area contributed by atoms with Gasteiger partial charge in [0.05, 0.1) is 0 Å². The fraction of sp³-hybridized carbons (Fsp3) is 0.923. The quantitative estimate of drug-likeness (QED) is 0.734. The molecule has 5 heteroatoms. The van der Waals surface area contributed by atoms with Gasteiger partial charge in [0.15, 0.2) is 0 Å². The zero-order valence-corrected chi connectivity index (χ0v) is 13.0. The van der Waals surface area contributed by atoms with Crippen LogP contribution in [0.1, 0.15) is 45.4 Å². The maximum atomic E-state index is 12.0. The lowest BCUT2D eigenvalue weighted by atomic mass is 10.1. The highest BCUT2D eigenvalue weighted by atomic mass is 35.5. The van der Waals surface area contributed by atoms with Crippen LogP contribution in [0, 0.1) is 0 Å². The van der Waals surface area contributed by atoms with E-state index in [0.29, 0.717) is 11.2 Å². The van der Waals surface area contributed by atoms with Gasteiger partial charge >= 0.3 is 0 Å². The van der Waals surface area contributed by atoms with Crippen molar-refractivity contribution in [2.75, 3.05) is 25.4 Å². The SMILES string of the molecule is CCC1CN(C(=O)CCCCCCN)CCS1.Cl. The van der Waals surface area contributed by atoms with Gasteiger partial charge in [-0.15, -0.1) is 12.4 Å². The molecule has 1 aliphatic rings. The molecule has 1 heterocycles. The molecule has 2 N–H and O–H groups in total. The van der Waals surface area contributed by atoms with Gasteiger partial charge in [0.1, 0.15) is 0 Å². The Morgan fingerprint density at radius 3 is 2.72 bits per heavy atom. The minimum absolute atomic E-state index is 0. The van der Waals surface area contributed by atoms with Gasteiger partial charge in [-0.1, -0.05) is 19.8 Å². The highest BCUT2D eigenvalue weighted by molar-refractivity contribution is 8.00. The Kier molecular flexibility index (Phi) is 11.0. The van der Waals surface area contributed by atoms with Crippen LogP contribution in [0.15, 0.2) is 0 Å².